The van der Waals surface area contributed by atoms with Gasteiger partial charge in [0.05, 0.1) is 11.9 Å². The Labute approximate surface area is 93.5 Å². The van der Waals surface area contributed by atoms with Gasteiger partial charge in [-0.3, -0.25) is 4.79 Å². The topological polar surface area (TPSA) is 83.0 Å². The third-order valence-corrected chi connectivity index (χ3v) is 2.71. The smallest absolute Gasteiger partial charge is 0.227 e. The van der Waals surface area contributed by atoms with Gasteiger partial charge in [0.25, 0.3) is 0 Å². The summed E-state index contributed by atoms with van der Waals surface area (Å²) in [5.41, 5.74) is 6.63. The zero-order valence-corrected chi connectivity index (χ0v) is 8.76. The molecule has 0 radical (unpaired) electrons. The van der Waals surface area contributed by atoms with E-state index in [4.69, 9.17) is 11.0 Å². The van der Waals surface area contributed by atoms with Crippen LogP contribution in [-0.4, -0.2) is 24.0 Å². The van der Waals surface area contributed by atoms with Crippen LogP contribution in [0, 0.1) is 17.2 Å². The Morgan fingerprint density at radius 2 is 2.44 bits per heavy atom. The third kappa shape index (κ3) is 1.88. The molecule has 0 aliphatic carbocycles. The molecule has 5 heteroatoms. The first-order valence-corrected chi connectivity index (χ1v) is 5.11. The second-order valence-electron chi connectivity index (χ2n) is 3.82. The van der Waals surface area contributed by atoms with E-state index >= 15 is 0 Å². The van der Waals surface area contributed by atoms with Crippen molar-refractivity contribution in [3.8, 4) is 6.07 Å². The highest BCUT2D eigenvalue weighted by atomic mass is 16.2. The number of nitrogens with zero attached hydrogens (tertiary/aromatic N) is 3. The highest BCUT2D eigenvalue weighted by molar-refractivity contribution is 5.95. The van der Waals surface area contributed by atoms with Gasteiger partial charge in [-0.1, -0.05) is 0 Å². The fourth-order valence-electron chi connectivity index (χ4n) is 1.80. The molecule has 1 aromatic heterocycles. The summed E-state index contributed by atoms with van der Waals surface area (Å²) in [4.78, 5) is 17.3. The van der Waals surface area contributed by atoms with Crippen LogP contribution in [0.25, 0.3) is 0 Å². The first-order chi connectivity index (χ1) is 7.74. The van der Waals surface area contributed by atoms with Crippen molar-refractivity contribution in [3.05, 3.63) is 24.0 Å². The number of nitriles is 1. The van der Waals surface area contributed by atoms with Crippen LogP contribution in [0.3, 0.4) is 0 Å². The van der Waals surface area contributed by atoms with Crippen molar-refractivity contribution in [1.29, 1.82) is 5.26 Å². The van der Waals surface area contributed by atoms with Gasteiger partial charge in [-0.2, -0.15) is 5.26 Å². The molecule has 2 rings (SSSR count). The summed E-state index contributed by atoms with van der Waals surface area (Å²) in [5, 5.41) is 8.62. The number of hydrogen-bond acceptors (Lipinski definition) is 4. The second-order valence-corrected chi connectivity index (χ2v) is 3.82. The number of nitrogens with two attached hydrogens (primary N) is 1. The maximum atomic E-state index is 11.7. The molecule has 1 aliphatic rings. The van der Waals surface area contributed by atoms with Crippen LogP contribution in [0.15, 0.2) is 18.3 Å². The van der Waals surface area contributed by atoms with E-state index in [0.717, 1.165) is 5.69 Å². The summed E-state index contributed by atoms with van der Waals surface area (Å²) in [7, 11) is 0. The van der Waals surface area contributed by atoms with Gasteiger partial charge in [-0.05, 0) is 24.6 Å². The van der Waals surface area contributed by atoms with Crippen LogP contribution in [0.4, 0.5) is 5.69 Å². The molecule has 1 unspecified atom stereocenters. The van der Waals surface area contributed by atoms with E-state index in [1.54, 1.807) is 23.2 Å². The lowest BCUT2D eigenvalue weighted by molar-refractivity contribution is -0.117. The second kappa shape index (κ2) is 4.29. The van der Waals surface area contributed by atoms with Gasteiger partial charge in [0.1, 0.15) is 11.8 Å². The van der Waals surface area contributed by atoms with Gasteiger partial charge in [0, 0.05) is 13.0 Å². The van der Waals surface area contributed by atoms with E-state index < -0.39 is 0 Å². The van der Waals surface area contributed by atoms with Gasteiger partial charge in [-0.15, -0.1) is 0 Å². The van der Waals surface area contributed by atoms with Crippen molar-refractivity contribution < 1.29 is 4.79 Å². The van der Waals surface area contributed by atoms with Crippen molar-refractivity contribution in [2.24, 2.45) is 11.7 Å². The summed E-state index contributed by atoms with van der Waals surface area (Å²) in [5.74, 6) is 0.296. The Morgan fingerprint density at radius 1 is 1.62 bits per heavy atom. The predicted molar refractivity (Wildman–Crippen MR) is 58.5 cm³/mol. The predicted octanol–water partition coefficient (Wildman–Crippen LogP) is 0.265. The zero-order chi connectivity index (χ0) is 11.5. The first-order valence-electron chi connectivity index (χ1n) is 5.11. The number of rotatable bonds is 2. The molecule has 1 atom stereocenters. The number of anilines is 1. The van der Waals surface area contributed by atoms with Crippen LogP contribution in [0.2, 0.25) is 0 Å². The van der Waals surface area contributed by atoms with E-state index in [1.807, 2.05) is 6.07 Å². The zero-order valence-electron chi connectivity index (χ0n) is 8.76. The van der Waals surface area contributed by atoms with Crippen LogP contribution < -0.4 is 10.6 Å². The Kier molecular flexibility index (Phi) is 2.84. The summed E-state index contributed by atoms with van der Waals surface area (Å²) in [6.45, 7) is 1.16. The fraction of sp³-hybridized carbons (Fsp3) is 0.364. The number of carbonyl (C=O) groups is 1. The monoisotopic (exact) mass is 216 g/mol. The van der Waals surface area contributed by atoms with E-state index in [0.29, 0.717) is 25.2 Å². The molecule has 1 fully saturated rings. The minimum Gasteiger partial charge on any atom is -0.330 e. The summed E-state index contributed by atoms with van der Waals surface area (Å²) >= 11 is 0. The molecule has 1 amide bonds. The van der Waals surface area contributed by atoms with E-state index in [2.05, 4.69) is 4.98 Å². The Morgan fingerprint density at radius 3 is 2.94 bits per heavy atom. The summed E-state index contributed by atoms with van der Waals surface area (Å²) in [6, 6.07) is 5.29. The number of aromatic nitrogens is 1. The average molecular weight is 216 g/mol. The normalized spacial score (nSPS) is 19.9. The van der Waals surface area contributed by atoms with Crippen molar-refractivity contribution in [2.75, 3.05) is 18.0 Å². The Balaban J connectivity index is 2.19. The van der Waals surface area contributed by atoms with Crippen LogP contribution in [-0.2, 0) is 4.79 Å². The molecule has 0 bridgehead atoms. The molecule has 1 saturated heterocycles. The minimum absolute atomic E-state index is 0.0713. The Hall–Kier alpha value is -1.93. The van der Waals surface area contributed by atoms with Gasteiger partial charge >= 0.3 is 0 Å². The Bertz CT molecular complexity index is 434. The first kappa shape index (κ1) is 10.6. The van der Waals surface area contributed by atoms with Gasteiger partial charge in [0.15, 0.2) is 0 Å². The number of pyridine rings is 1. The molecule has 0 aromatic carbocycles. The average Bonchev–Trinajstić information content (AvgIpc) is 2.71. The van der Waals surface area contributed by atoms with Gasteiger partial charge < -0.3 is 10.6 Å². The van der Waals surface area contributed by atoms with Crippen molar-refractivity contribution in [1.82, 2.24) is 4.98 Å². The van der Waals surface area contributed by atoms with E-state index in [-0.39, 0.29) is 11.8 Å². The third-order valence-electron chi connectivity index (χ3n) is 2.71. The van der Waals surface area contributed by atoms with Gasteiger partial charge in [0.2, 0.25) is 5.91 Å². The highest BCUT2D eigenvalue weighted by Crippen LogP contribution is 2.23. The largest absolute Gasteiger partial charge is 0.330 e. The lowest BCUT2D eigenvalue weighted by Gasteiger charge is -2.15. The highest BCUT2D eigenvalue weighted by Gasteiger charge is 2.29. The van der Waals surface area contributed by atoms with Crippen LogP contribution in [0.5, 0.6) is 0 Å². The molecule has 2 N–H and O–H groups in total. The van der Waals surface area contributed by atoms with Crippen molar-refractivity contribution in [2.45, 2.75) is 6.42 Å². The molecule has 1 aromatic rings. The molecule has 5 nitrogen and oxygen atoms in total. The lowest BCUT2D eigenvalue weighted by Crippen LogP contribution is -2.25. The van der Waals surface area contributed by atoms with Gasteiger partial charge in [-0.25, -0.2) is 4.98 Å². The lowest BCUT2D eigenvalue weighted by atomic mass is 10.1. The summed E-state index contributed by atoms with van der Waals surface area (Å²) < 4.78 is 0. The molecular weight excluding hydrogens is 204 g/mol. The molecule has 16 heavy (non-hydrogen) atoms. The summed E-state index contributed by atoms with van der Waals surface area (Å²) in [6.07, 6.45) is 2.05. The standard InChI is InChI=1S/C11H12N4O/c12-4-8-3-11(16)15(7-8)10-2-1-9(5-13)14-6-10/h1-2,6,8H,3-4,7,12H2. The molecule has 0 saturated carbocycles. The maximum absolute atomic E-state index is 11.7. The molecular formula is C11H12N4O. The molecule has 1 aliphatic heterocycles. The molecule has 0 spiro atoms. The van der Waals surface area contributed by atoms with Crippen LogP contribution in [0.1, 0.15) is 12.1 Å². The maximum Gasteiger partial charge on any atom is 0.227 e. The van der Waals surface area contributed by atoms with Crippen LogP contribution >= 0.6 is 0 Å². The number of hydrogen-bond donors (Lipinski definition) is 1. The minimum atomic E-state index is 0.0713. The number of carbonyl (C=O) groups excluding carboxylic acids is 1. The number of amides is 1. The molecule has 2 heterocycles. The quantitative estimate of drug-likeness (QED) is 0.768. The molecule has 82 valence electrons. The van der Waals surface area contributed by atoms with E-state index in [9.17, 15) is 4.79 Å². The van der Waals surface area contributed by atoms with Crippen molar-refractivity contribution >= 4 is 11.6 Å². The SMILES string of the molecule is N#Cc1ccc(N2CC(CN)CC2=O)cn1. The van der Waals surface area contributed by atoms with Crippen molar-refractivity contribution in [3.63, 3.8) is 0 Å². The fourth-order valence-corrected chi connectivity index (χ4v) is 1.80. The van der Waals surface area contributed by atoms with E-state index in [1.165, 1.54) is 0 Å².